The zero-order chi connectivity index (χ0) is 14.7. The van der Waals surface area contributed by atoms with E-state index in [1.807, 2.05) is 0 Å². The van der Waals surface area contributed by atoms with E-state index in [4.69, 9.17) is 8.94 Å². The van der Waals surface area contributed by atoms with Gasteiger partial charge in [0.15, 0.2) is 6.33 Å². The van der Waals surface area contributed by atoms with Crippen molar-refractivity contribution in [2.24, 2.45) is 0 Å². The summed E-state index contributed by atoms with van der Waals surface area (Å²) in [7, 11) is -3.65. The van der Waals surface area contributed by atoms with Gasteiger partial charge in [-0.05, 0) is 25.0 Å². The van der Waals surface area contributed by atoms with Crippen LogP contribution in [0.2, 0.25) is 0 Å². The van der Waals surface area contributed by atoms with E-state index in [0.29, 0.717) is 30.7 Å². The molecule has 0 amide bonds. The molecule has 8 nitrogen and oxygen atoms in total. The molecule has 2 heterocycles. The van der Waals surface area contributed by atoms with Gasteiger partial charge in [0.25, 0.3) is 10.0 Å². The van der Waals surface area contributed by atoms with Crippen LogP contribution in [0, 0.1) is 0 Å². The lowest BCUT2D eigenvalue weighted by Crippen LogP contribution is -2.25. The fourth-order valence-electron chi connectivity index (χ4n) is 1.80. The monoisotopic (exact) mass is 312 g/mol. The second kappa shape index (κ2) is 5.96. The highest BCUT2D eigenvalue weighted by atomic mass is 32.2. The van der Waals surface area contributed by atoms with E-state index < -0.39 is 10.0 Å². The third kappa shape index (κ3) is 3.90. The lowest BCUT2D eigenvalue weighted by Gasteiger charge is -2.02. The van der Waals surface area contributed by atoms with Crippen molar-refractivity contribution in [2.45, 2.75) is 36.9 Å². The molecule has 0 unspecified atom stereocenters. The van der Waals surface area contributed by atoms with Crippen LogP contribution in [0.25, 0.3) is 0 Å². The second-order valence-corrected chi connectivity index (χ2v) is 6.56. The van der Waals surface area contributed by atoms with Gasteiger partial charge in [-0.25, -0.2) is 13.1 Å². The molecule has 0 bridgehead atoms. The molecule has 1 saturated carbocycles. The number of nitrogens with zero attached hydrogens (tertiary/aromatic N) is 2. The number of hydrogen-bond acceptors (Lipinski definition) is 7. The van der Waals surface area contributed by atoms with Gasteiger partial charge < -0.3 is 14.3 Å². The minimum atomic E-state index is -3.65. The number of nitrogens with one attached hydrogen (secondary N) is 2. The van der Waals surface area contributed by atoms with E-state index in [0.717, 1.165) is 0 Å². The van der Waals surface area contributed by atoms with Crippen molar-refractivity contribution >= 4 is 10.0 Å². The molecule has 0 radical (unpaired) electrons. The van der Waals surface area contributed by atoms with Crippen LogP contribution < -0.4 is 10.0 Å². The topological polar surface area (TPSA) is 110 Å². The van der Waals surface area contributed by atoms with Crippen molar-refractivity contribution in [1.29, 1.82) is 0 Å². The minimum Gasteiger partial charge on any atom is -0.447 e. The fraction of sp³-hybridized carbons (Fsp3) is 0.500. The van der Waals surface area contributed by atoms with E-state index in [2.05, 4.69) is 20.2 Å². The normalized spacial score (nSPS) is 15.4. The molecule has 2 N–H and O–H groups in total. The van der Waals surface area contributed by atoms with Crippen molar-refractivity contribution in [3.63, 3.8) is 0 Å². The predicted molar refractivity (Wildman–Crippen MR) is 71.8 cm³/mol. The van der Waals surface area contributed by atoms with Gasteiger partial charge in [-0.3, -0.25) is 0 Å². The Hall–Kier alpha value is -1.71. The second-order valence-electron chi connectivity index (χ2n) is 4.86. The largest absolute Gasteiger partial charge is 0.447 e. The summed E-state index contributed by atoms with van der Waals surface area (Å²) in [6, 6.07) is 3.67. The molecule has 0 aromatic carbocycles. The molecule has 3 rings (SSSR count). The summed E-state index contributed by atoms with van der Waals surface area (Å²) in [6.45, 7) is 0.711. The molecule has 114 valence electrons. The Balaban J connectivity index is 1.53. The molecule has 1 fully saturated rings. The minimum absolute atomic E-state index is 0.0828. The first kappa shape index (κ1) is 14.2. The third-order valence-electron chi connectivity index (χ3n) is 3.08. The highest BCUT2D eigenvalue weighted by molar-refractivity contribution is 7.89. The molecule has 0 saturated heterocycles. The van der Waals surface area contributed by atoms with E-state index in [-0.39, 0.29) is 11.6 Å². The molecule has 0 spiro atoms. The van der Waals surface area contributed by atoms with Gasteiger partial charge >= 0.3 is 0 Å². The standard InChI is InChI=1S/C12H16N4O4S/c17-21(18,16-6-5-11-14-8-15-20-11)12-4-3-10(19-12)7-13-9-1-2-9/h3-4,8-9,13,16H,1-2,5-7H2. The molecule has 9 heteroatoms. The Morgan fingerprint density at radius 3 is 2.90 bits per heavy atom. The van der Waals surface area contributed by atoms with Crippen LogP contribution in [-0.2, 0) is 23.0 Å². The van der Waals surface area contributed by atoms with Gasteiger partial charge in [-0.2, -0.15) is 4.98 Å². The molecular weight excluding hydrogens is 296 g/mol. The molecule has 21 heavy (non-hydrogen) atoms. The van der Waals surface area contributed by atoms with Gasteiger partial charge in [0.2, 0.25) is 11.0 Å². The molecule has 0 atom stereocenters. The molecule has 1 aliphatic rings. The zero-order valence-corrected chi connectivity index (χ0v) is 12.1. The molecule has 1 aliphatic carbocycles. The molecular formula is C12H16N4O4S. The third-order valence-corrected chi connectivity index (χ3v) is 4.42. The van der Waals surface area contributed by atoms with Gasteiger partial charge in [0.1, 0.15) is 5.76 Å². The lowest BCUT2D eigenvalue weighted by molar-refractivity contribution is 0.376. The number of hydrogen-bond donors (Lipinski definition) is 2. The summed E-state index contributed by atoms with van der Waals surface area (Å²) in [5.41, 5.74) is 0. The molecule has 0 aliphatic heterocycles. The quantitative estimate of drug-likeness (QED) is 0.727. The Kier molecular flexibility index (Phi) is 4.04. The van der Waals surface area contributed by atoms with Crippen LogP contribution in [0.15, 0.2) is 32.5 Å². The Morgan fingerprint density at radius 2 is 2.19 bits per heavy atom. The van der Waals surface area contributed by atoms with Crippen molar-refractivity contribution in [3.8, 4) is 0 Å². The van der Waals surface area contributed by atoms with Crippen molar-refractivity contribution in [2.75, 3.05) is 6.54 Å². The van der Waals surface area contributed by atoms with Crippen LogP contribution in [0.1, 0.15) is 24.5 Å². The average Bonchev–Trinajstić information content (AvgIpc) is 2.93. The van der Waals surface area contributed by atoms with Crippen LogP contribution in [-0.4, -0.2) is 31.1 Å². The number of furan rings is 1. The van der Waals surface area contributed by atoms with Crippen LogP contribution in [0.4, 0.5) is 0 Å². The summed E-state index contributed by atoms with van der Waals surface area (Å²) in [6.07, 6.45) is 3.94. The van der Waals surface area contributed by atoms with Crippen molar-refractivity contribution in [1.82, 2.24) is 20.2 Å². The fourth-order valence-corrected chi connectivity index (χ4v) is 2.78. The van der Waals surface area contributed by atoms with Crippen molar-refractivity contribution < 1.29 is 17.4 Å². The summed E-state index contributed by atoms with van der Waals surface area (Å²) in [5, 5.41) is 6.63. The summed E-state index contributed by atoms with van der Waals surface area (Å²) in [4.78, 5) is 3.82. The first-order valence-corrected chi connectivity index (χ1v) is 8.19. The van der Waals surface area contributed by atoms with Gasteiger partial charge in [-0.15, -0.1) is 0 Å². The first-order valence-electron chi connectivity index (χ1n) is 6.71. The van der Waals surface area contributed by atoms with E-state index >= 15 is 0 Å². The summed E-state index contributed by atoms with van der Waals surface area (Å²) in [5.74, 6) is 0.991. The zero-order valence-electron chi connectivity index (χ0n) is 11.3. The summed E-state index contributed by atoms with van der Waals surface area (Å²) >= 11 is 0. The first-order chi connectivity index (χ1) is 10.1. The van der Waals surface area contributed by atoms with Gasteiger partial charge in [0.05, 0.1) is 6.54 Å². The van der Waals surface area contributed by atoms with Crippen LogP contribution >= 0.6 is 0 Å². The lowest BCUT2D eigenvalue weighted by atomic mass is 10.4. The van der Waals surface area contributed by atoms with Gasteiger partial charge in [0, 0.05) is 19.0 Å². The summed E-state index contributed by atoms with van der Waals surface area (Å²) < 4.78 is 36.6. The predicted octanol–water partition coefficient (Wildman–Crippen LogP) is 0.436. The Morgan fingerprint density at radius 1 is 1.33 bits per heavy atom. The smallest absolute Gasteiger partial charge is 0.273 e. The maximum Gasteiger partial charge on any atom is 0.273 e. The molecule has 2 aromatic rings. The Bertz CT molecular complexity index is 676. The van der Waals surface area contributed by atoms with Gasteiger partial charge in [-0.1, -0.05) is 5.16 Å². The van der Waals surface area contributed by atoms with Crippen molar-refractivity contribution in [3.05, 3.63) is 30.1 Å². The van der Waals surface area contributed by atoms with Crippen LogP contribution in [0.5, 0.6) is 0 Å². The molecule has 2 aromatic heterocycles. The van der Waals surface area contributed by atoms with Crippen LogP contribution in [0.3, 0.4) is 0 Å². The SMILES string of the molecule is O=S(=O)(NCCc1ncno1)c1ccc(CNC2CC2)o1. The number of aromatic nitrogens is 2. The highest BCUT2D eigenvalue weighted by Gasteiger charge is 2.22. The number of rotatable bonds is 8. The van der Waals surface area contributed by atoms with E-state index in [9.17, 15) is 8.42 Å². The van der Waals surface area contributed by atoms with E-state index in [1.54, 1.807) is 6.07 Å². The number of sulfonamides is 1. The van der Waals surface area contributed by atoms with E-state index in [1.165, 1.54) is 25.2 Å². The Labute approximate surface area is 122 Å². The highest BCUT2D eigenvalue weighted by Crippen LogP contribution is 2.20. The average molecular weight is 312 g/mol. The maximum atomic E-state index is 12.0. The maximum absolute atomic E-state index is 12.0.